The highest BCUT2D eigenvalue weighted by Crippen LogP contribution is 2.13. The molecule has 1 atom stereocenters. The fraction of sp³-hybridized carbons (Fsp3) is 0.583. The summed E-state index contributed by atoms with van der Waals surface area (Å²) in [6.07, 6.45) is 4.58. The van der Waals surface area contributed by atoms with E-state index in [-0.39, 0.29) is 16.6 Å². The van der Waals surface area contributed by atoms with Crippen molar-refractivity contribution in [3.8, 4) is 0 Å². The third kappa shape index (κ3) is 3.38. The van der Waals surface area contributed by atoms with Gasteiger partial charge >= 0.3 is 0 Å². The van der Waals surface area contributed by atoms with Crippen molar-refractivity contribution in [2.24, 2.45) is 12.8 Å². The number of primary amides is 1. The molecule has 2 heterocycles. The largest absolute Gasteiger partial charge is 0.364 e. The SMILES string of the molecule is Cn1cc(S(=O)(=O)NC[C@H]2CCCCN2)cc1C(N)=O. The number of hydrogen-bond acceptors (Lipinski definition) is 4. The molecule has 0 bridgehead atoms. The fourth-order valence-electron chi connectivity index (χ4n) is 2.32. The Labute approximate surface area is 118 Å². The summed E-state index contributed by atoms with van der Waals surface area (Å²) in [5, 5.41) is 3.27. The Morgan fingerprint density at radius 1 is 1.55 bits per heavy atom. The number of nitrogens with one attached hydrogen (secondary N) is 2. The number of piperidine rings is 1. The molecule has 1 aliphatic heterocycles. The molecule has 112 valence electrons. The molecule has 8 heteroatoms. The first-order chi connectivity index (χ1) is 9.40. The van der Waals surface area contributed by atoms with Crippen LogP contribution in [-0.2, 0) is 17.1 Å². The van der Waals surface area contributed by atoms with Crippen molar-refractivity contribution >= 4 is 15.9 Å². The van der Waals surface area contributed by atoms with Gasteiger partial charge in [-0.15, -0.1) is 0 Å². The van der Waals surface area contributed by atoms with E-state index in [1.165, 1.54) is 16.8 Å². The fourth-order valence-corrected chi connectivity index (χ4v) is 3.47. The standard InChI is InChI=1S/C12H20N4O3S/c1-16-8-10(6-11(16)12(13)17)20(18,19)15-7-9-4-2-3-5-14-9/h6,8-9,14-15H,2-5,7H2,1H3,(H2,13,17)/t9-/m1/s1. The molecule has 1 saturated heterocycles. The highest BCUT2D eigenvalue weighted by molar-refractivity contribution is 7.89. The molecule has 1 aromatic rings. The van der Waals surface area contributed by atoms with Gasteiger partial charge in [-0.05, 0) is 25.5 Å². The van der Waals surface area contributed by atoms with E-state index >= 15 is 0 Å². The Balaban J connectivity index is 2.06. The van der Waals surface area contributed by atoms with Crippen LogP contribution in [-0.4, -0.2) is 38.0 Å². The molecule has 1 fully saturated rings. The Hall–Kier alpha value is -1.38. The van der Waals surface area contributed by atoms with E-state index in [1.807, 2.05) is 0 Å². The molecule has 0 saturated carbocycles. The molecular formula is C12H20N4O3S. The van der Waals surface area contributed by atoms with Crippen LogP contribution in [0.2, 0.25) is 0 Å². The summed E-state index contributed by atoms with van der Waals surface area (Å²) in [5.41, 5.74) is 5.34. The molecule has 1 aromatic heterocycles. The summed E-state index contributed by atoms with van der Waals surface area (Å²) in [6, 6.07) is 1.46. The number of rotatable bonds is 5. The predicted octanol–water partition coefficient (Wildman–Crippen LogP) is -0.456. The van der Waals surface area contributed by atoms with E-state index in [1.54, 1.807) is 7.05 Å². The smallest absolute Gasteiger partial charge is 0.265 e. The van der Waals surface area contributed by atoms with Crippen molar-refractivity contribution in [1.29, 1.82) is 0 Å². The van der Waals surface area contributed by atoms with E-state index in [4.69, 9.17) is 5.73 Å². The quantitative estimate of drug-likeness (QED) is 0.684. The van der Waals surface area contributed by atoms with Crippen LogP contribution in [0.15, 0.2) is 17.2 Å². The Kier molecular flexibility index (Phi) is 4.46. The van der Waals surface area contributed by atoms with Crippen LogP contribution in [0, 0.1) is 0 Å². The first-order valence-corrected chi connectivity index (χ1v) is 8.07. The van der Waals surface area contributed by atoms with Crippen LogP contribution in [0.3, 0.4) is 0 Å². The topological polar surface area (TPSA) is 106 Å². The van der Waals surface area contributed by atoms with Gasteiger partial charge < -0.3 is 15.6 Å². The van der Waals surface area contributed by atoms with Crippen LogP contribution in [0.1, 0.15) is 29.8 Å². The number of sulfonamides is 1. The number of hydrogen-bond donors (Lipinski definition) is 3. The maximum atomic E-state index is 12.2. The van der Waals surface area contributed by atoms with Crippen molar-refractivity contribution < 1.29 is 13.2 Å². The number of aryl methyl sites for hydroxylation is 1. The van der Waals surface area contributed by atoms with Crippen molar-refractivity contribution in [2.75, 3.05) is 13.1 Å². The molecule has 0 radical (unpaired) electrons. The van der Waals surface area contributed by atoms with Gasteiger partial charge in [0.1, 0.15) is 10.6 Å². The Morgan fingerprint density at radius 3 is 2.85 bits per heavy atom. The molecule has 20 heavy (non-hydrogen) atoms. The molecule has 0 spiro atoms. The van der Waals surface area contributed by atoms with E-state index in [9.17, 15) is 13.2 Å². The molecule has 2 rings (SSSR count). The second-order valence-corrected chi connectivity index (χ2v) is 6.80. The Morgan fingerprint density at radius 2 is 2.30 bits per heavy atom. The van der Waals surface area contributed by atoms with Crippen molar-refractivity contribution in [3.05, 3.63) is 18.0 Å². The molecular weight excluding hydrogens is 280 g/mol. The zero-order valence-electron chi connectivity index (χ0n) is 11.4. The summed E-state index contributed by atoms with van der Waals surface area (Å²) in [7, 11) is -2.03. The van der Waals surface area contributed by atoms with Crippen molar-refractivity contribution in [1.82, 2.24) is 14.6 Å². The molecule has 0 unspecified atom stereocenters. The van der Waals surface area contributed by atoms with Crippen LogP contribution in [0.5, 0.6) is 0 Å². The number of nitrogens with two attached hydrogens (primary N) is 1. The lowest BCUT2D eigenvalue weighted by Gasteiger charge is -2.23. The summed E-state index contributed by atoms with van der Waals surface area (Å²) in [6.45, 7) is 1.27. The molecule has 0 aliphatic carbocycles. The summed E-state index contributed by atoms with van der Waals surface area (Å²) in [5.74, 6) is -0.650. The average Bonchev–Trinajstić information content (AvgIpc) is 2.81. The minimum atomic E-state index is -3.61. The van der Waals surface area contributed by atoms with Crippen LogP contribution in [0.4, 0.5) is 0 Å². The lowest BCUT2D eigenvalue weighted by atomic mass is 10.1. The summed E-state index contributed by atoms with van der Waals surface area (Å²) >= 11 is 0. The normalized spacial score (nSPS) is 19.9. The minimum absolute atomic E-state index is 0.0598. The van der Waals surface area contributed by atoms with Gasteiger partial charge in [-0.2, -0.15) is 0 Å². The molecule has 1 aliphatic rings. The average molecular weight is 300 g/mol. The summed E-state index contributed by atoms with van der Waals surface area (Å²) < 4.78 is 28.3. The maximum absolute atomic E-state index is 12.2. The van der Waals surface area contributed by atoms with Crippen molar-refractivity contribution in [2.45, 2.75) is 30.2 Å². The van der Waals surface area contributed by atoms with E-state index in [0.717, 1.165) is 25.8 Å². The second-order valence-electron chi connectivity index (χ2n) is 5.03. The van der Waals surface area contributed by atoms with Gasteiger partial charge in [-0.3, -0.25) is 4.79 Å². The van der Waals surface area contributed by atoms with E-state index in [0.29, 0.717) is 6.54 Å². The van der Waals surface area contributed by atoms with Gasteiger partial charge in [0.2, 0.25) is 10.0 Å². The van der Waals surface area contributed by atoms with Gasteiger partial charge in [-0.25, -0.2) is 13.1 Å². The minimum Gasteiger partial charge on any atom is -0.364 e. The summed E-state index contributed by atoms with van der Waals surface area (Å²) in [4.78, 5) is 11.2. The molecule has 4 N–H and O–H groups in total. The molecule has 1 amide bonds. The number of aromatic nitrogens is 1. The lowest BCUT2D eigenvalue weighted by Crippen LogP contribution is -2.43. The maximum Gasteiger partial charge on any atom is 0.265 e. The van der Waals surface area contributed by atoms with E-state index in [2.05, 4.69) is 10.0 Å². The van der Waals surface area contributed by atoms with Gasteiger partial charge in [0.05, 0.1) is 0 Å². The van der Waals surface area contributed by atoms with Gasteiger partial charge in [0.15, 0.2) is 0 Å². The van der Waals surface area contributed by atoms with Gasteiger partial charge in [-0.1, -0.05) is 6.42 Å². The number of carbonyl (C=O) groups is 1. The van der Waals surface area contributed by atoms with Crippen molar-refractivity contribution in [3.63, 3.8) is 0 Å². The van der Waals surface area contributed by atoms with Crippen LogP contribution in [0.25, 0.3) is 0 Å². The monoisotopic (exact) mass is 300 g/mol. The predicted molar refractivity (Wildman–Crippen MR) is 74.8 cm³/mol. The number of carbonyl (C=O) groups excluding carboxylic acids is 1. The highest BCUT2D eigenvalue weighted by Gasteiger charge is 2.21. The molecule has 7 nitrogen and oxygen atoms in total. The first-order valence-electron chi connectivity index (χ1n) is 6.59. The zero-order valence-corrected chi connectivity index (χ0v) is 12.2. The lowest BCUT2D eigenvalue weighted by molar-refractivity contribution is 0.0992. The highest BCUT2D eigenvalue weighted by atomic mass is 32.2. The number of amides is 1. The van der Waals surface area contributed by atoms with Crippen LogP contribution < -0.4 is 15.8 Å². The third-order valence-electron chi connectivity index (χ3n) is 3.47. The first kappa shape index (κ1) is 15.0. The van der Waals surface area contributed by atoms with E-state index < -0.39 is 15.9 Å². The third-order valence-corrected chi connectivity index (χ3v) is 4.87. The zero-order chi connectivity index (χ0) is 14.8. The van der Waals surface area contributed by atoms with Crippen LogP contribution >= 0.6 is 0 Å². The Bertz CT molecular complexity index is 588. The van der Waals surface area contributed by atoms with Gasteiger partial charge in [0, 0.05) is 25.8 Å². The van der Waals surface area contributed by atoms with Gasteiger partial charge in [0.25, 0.3) is 5.91 Å². The number of nitrogens with zero attached hydrogens (tertiary/aromatic N) is 1. The molecule has 0 aromatic carbocycles. The second kappa shape index (κ2) is 5.94.